The molecule has 0 N–H and O–H groups in total. The first-order valence-corrected chi connectivity index (χ1v) is 10.5. The Morgan fingerprint density at radius 1 is 1.22 bits per heavy atom. The number of hydrogen-bond donors (Lipinski definition) is 0. The number of aryl methyl sites for hydroxylation is 2. The fraction of sp³-hybridized carbons (Fsp3) is 0.429. The summed E-state index contributed by atoms with van der Waals surface area (Å²) in [4.78, 5) is 28.6. The molecule has 2 aromatic heterocycles. The van der Waals surface area contributed by atoms with Gasteiger partial charge in [0.2, 0.25) is 0 Å². The van der Waals surface area contributed by atoms with Crippen molar-refractivity contribution in [2.75, 3.05) is 11.4 Å². The van der Waals surface area contributed by atoms with Crippen LogP contribution in [-0.4, -0.2) is 33.3 Å². The minimum atomic E-state index is -0.0585. The Kier molecular flexibility index (Phi) is 5.43. The van der Waals surface area contributed by atoms with Crippen molar-refractivity contribution in [1.82, 2.24) is 15.0 Å². The van der Waals surface area contributed by atoms with Crippen LogP contribution in [0.3, 0.4) is 0 Å². The molecule has 0 radical (unpaired) electrons. The van der Waals surface area contributed by atoms with E-state index in [1.165, 1.54) is 5.56 Å². The number of anilines is 1. The number of rotatable bonds is 7. The highest BCUT2D eigenvalue weighted by Crippen LogP contribution is 2.34. The number of ketones is 1. The van der Waals surface area contributed by atoms with Crippen LogP contribution < -0.4 is 4.90 Å². The first-order valence-electron chi connectivity index (χ1n) is 9.70. The van der Waals surface area contributed by atoms with Gasteiger partial charge >= 0.3 is 0 Å². The average molecular weight is 381 g/mol. The zero-order valence-electron chi connectivity index (χ0n) is 15.6. The molecule has 3 heterocycles. The fourth-order valence-corrected chi connectivity index (χ4v) is 4.85. The second-order valence-corrected chi connectivity index (χ2v) is 8.00. The van der Waals surface area contributed by atoms with E-state index in [0.717, 1.165) is 59.8 Å². The molecule has 4 rings (SSSR count). The van der Waals surface area contributed by atoms with Crippen LogP contribution in [0.25, 0.3) is 10.3 Å². The molecule has 1 aromatic carbocycles. The summed E-state index contributed by atoms with van der Waals surface area (Å²) in [7, 11) is 0. The highest BCUT2D eigenvalue weighted by atomic mass is 32.1. The van der Waals surface area contributed by atoms with Crippen molar-refractivity contribution in [1.29, 1.82) is 0 Å². The zero-order valence-corrected chi connectivity index (χ0v) is 16.4. The van der Waals surface area contributed by atoms with Crippen LogP contribution in [0.15, 0.2) is 36.7 Å². The van der Waals surface area contributed by atoms with Gasteiger partial charge in [-0.15, -0.1) is 0 Å². The molecule has 0 unspecified atom stereocenters. The Morgan fingerprint density at radius 2 is 2.07 bits per heavy atom. The third-order valence-electron chi connectivity index (χ3n) is 5.11. The predicted octanol–water partition coefficient (Wildman–Crippen LogP) is 4.21. The van der Waals surface area contributed by atoms with Crippen molar-refractivity contribution < 1.29 is 4.79 Å². The van der Waals surface area contributed by atoms with Crippen LogP contribution in [0.4, 0.5) is 5.13 Å². The number of carbonyl (C=O) groups is 1. The van der Waals surface area contributed by atoms with Crippen LogP contribution in [0.5, 0.6) is 0 Å². The Labute approximate surface area is 163 Å². The van der Waals surface area contributed by atoms with Crippen molar-refractivity contribution >= 4 is 32.6 Å². The van der Waals surface area contributed by atoms with Crippen LogP contribution in [0.1, 0.15) is 43.9 Å². The Hall–Kier alpha value is -2.34. The Balaban J connectivity index is 1.51. The van der Waals surface area contributed by atoms with E-state index in [-0.39, 0.29) is 6.04 Å². The number of thiazole rings is 1. The summed E-state index contributed by atoms with van der Waals surface area (Å²) in [5.41, 5.74) is 3.04. The van der Waals surface area contributed by atoms with Crippen LogP contribution in [0.2, 0.25) is 0 Å². The lowest BCUT2D eigenvalue weighted by molar-refractivity contribution is -0.120. The van der Waals surface area contributed by atoms with Gasteiger partial charge in [0.25, 0.3) is 0 Å². The molecule has 1 aliphatic rings. The van der Waals surface area contributed by atoms with Gasteiger partial charge in [0.05, 0.1) is 16.4 Å². The average Bonchev–Trinajstić information content (AvgIpc) is 3.34. The molecule has 0 bridgehead atoms. The molecular formula is C21H24N4OS. The van der Waals surface area contributed by atoms with Gasteiger partial charge in [-0.1, -0.05) is 55.0 Å². The van der Waals surface area contributed by atoms with E-state index in [1.54, 1.807) is 17.7 Å². The van der Waals surface area contributed by atoms with E-state index < -0.39 is 0 Å². The molecule has 0 amide bonds. The summed E-state index contributed by atoms with van der Waals surface area (Å²) < 4.78 is 1.07. The second kappa shape index (κ2) is 8.13. The van der Waals surface area contributed by atoms with Gasteiger partial charge in [-0.3, -0.25) is 4.79 Å². The maximum Gasteiger partial charge on any atom is 0.188 e. The fourth-order valence-electron chi connectivity index (χ4n) is 3.74. The summed E-state index contributed by atoms with van der Waals surface area (Å²) in [6, 6.07) is 10.2. The number of fused-ring (bicyclic) bond motifs is 1. The number of carbonyl (C=O) groups excluding carboxylic acids is 1. The van der Waals surface area contributed by atoms with Crippen molar-refractivity contribution in [3.63, 3.8) is 0 Å². The topological polar surface area (TPSA) is 59.0 Å². The van der Waals surface area contributed by atoms with Gasteiger partial charge < -0.3 is 4.90 Å². The minimum Gasteiger partial charge on any atom is -0.338 e. The third kappa shape index (κ3) is 3.86. The summed E-state index contributed by atoms with van der Waals surface area (Å²) in [6.07, 6.45) is 6.90. The molecule has 5 nitrogen and oxygen atoms in total. The minimum absolute atomic E-state index is 0.0585. The summed E-state index contributed by atoms with van der Waals surface area (Å²) in [6.45, 7) is 3.04. The van der Waals surface area contributed by atoms with Crippen molar-refractivity contribution in [3.05, 3.63) is 47.9 Å². The first-order chi connectivity index (χ1) is 13.3. The Morgan fingerprint density at radius 3 is 2.89 bits per heavy atom. The monoisotopic (exact) mass is 380 g/mol. The molecule has 0 aliphatic carbocycles. The van der Waals surface area contributed by atoms with Gasteiger partial charge in [-0.05, 0) is 31.2 Å². The number of Topliss-reactive ketones (excluding diaryl/α,β-unsaturated/α-hetero) is 1. The molecule has 0 spiro atoms. The molecule has 3 aromatic rings. The lowest BCUT2D eigenvalue weighted by Gasteiger charge is -2.22. The second-order valence-electron chi connectivity index (χ2n) is 7.02. The zero-order chi connectivity index (χ0) is 18.6. The third-order valence-corrected chi connectivity index (χ3v) is 6.24. The molecule has 1 saturated heterocycles. The van der Waals surface area contributed by atoms with Gasteiger partial charge in [-0.25, -0.2) is 9.97 Å². The molecule has 1 fully saturated rings. The molecular weight excluding hydrogens is 356 g/mol. The number of aromatic nitrogens is 3. The highest BCUT2D eigenvalue weighted by Gasteiger charge is 2.32. The summed E-state index contributed by atoms with van der Waals surface area (Å²) >= 11 is 1.63. The normalized spacial score (nSPS) is 16.9. The van der Waals surface area contributed by atoms with Crippen LogP contribution >= 0.6 is 11.3 Å². The van der Waals surface area contributed by atoms with Crippen molar-refractivity contribution in [2.24, 2.45) is 0 Å². The standard InChI is InChI=1S/C21H24N4OS/c1-2-7-16-19-20(23-14-22-16)24-21(27-19)25-13-6-10-17(25)18(26)12-11-15-8-4-3-5-9-15/h3-5,8-9,14,17H,2,6-7,10-13H2,1H3/t17-/m1/s1. The number of nitrogens with zero attached hydrogens (tertiary/aromatic N) is 4. The molecule has 27 heavy (non-hydrogen) atoms. The molecule has 0 saturated carbocycles. The molecule has 1 atom stereocenters. The predicted molar refractivity (Wildman–Crippen MR) is 109 cm³/mol. The SMILES string of the molecule is CCCc1ncnc2nc(N3CCC[C@@H]3C(=O)CCc3ccccc3)sc12. The van der Waals surface area contributed by atoms with E-state index in [2.05, 4.69) is 33.9 Å². The van der Waals surface area contributed by atoms with Crippen molar-refractivity contribution in [2.45, 2.75) is 51.5 Å². The quantitative estimate of drug-likeness (QED) is 0.614. The Bertz CT molecular complexity index is 924. The smallest absolute Gasteiger partial charge is 0.188 e. The van der Waals surface area contributed by atoms with E-state index >= 15 is 0 Å². The summed E-state index contributed by atoms with van der Waals surface area (Å²) in [5.74, 6) is 0.315. The van der Waals surface area contributed by atoms with E-state index in [0.29, 0.717) is 12.2 Å². The van der Waals surface area contributed by atoms with Crippen LogP contribution in [-0.2, 0) is 17.6 Å². The lowest BCUT2D eigenvalue weighted by Crippen LogP contribution is -2.36. The van der Waals surface area contributed by atoms with Crippen LogP contribution in [0, 0.1) is 0 Å². The van der Waals surface area contributed by atoms with Gasteiger partial charge in [0.15, 0.2) is 16.6 Å². The lowest BCUT2D eigenvalue weighted by atomic mass is 10.0. The molecule has 140 valence electrons. The molecule has 1 aliphatic heterocycles. The van der Waals surface area contributed by atoms with Gasteiger partial charge in [0.1, 0.15) is 6.33 Å². The number of hydrogen-bond acceptors (Lipinski definition) is 6. The molecule has 6 heteroatoms. The van der Waals surface area contributed by atoms with E-state index in [9.17, 15) is 4.79 Å². The number of benzene rings is 1. The van der Waals surface area contributed by atoms with Gasteiger partial charge in [-0.2, -0.15) is 4.98 Å². The van der Waals surface area contributed by atoms with Crippen molar-refractivity contribution in [3.8, 4) is 0 Å². The maximum absolute atomic E-state index is 12.9. The highest BCUT2D eigenvalue weighted by molar-refractivity contribution is 7.22. The first kappa shape index (κ1) is 18.0. The summed E-state index contributed by atoms with van der Waals surface area (Å²) in [5, 5.41) is 0.915. The largest absolute Gasteiger partial charge is 0.338 e. The van der Waals surface area contributed by atoms with Gasteiger partial charge in [0, 0.05) is 13.0 Å². The van der Waals surface area contributed by atoms with E-state index in [1.807, 2.05) is 18.2 Å². The maximum atomic E-state index is 12.9. The van der Waals surface area contributed by atoms with E-state index in [4.69, 9.17) is 4.98 Å².